The molecule has 10 aliphatic rings. The summed E-state index contributed by atoms with van der Waals surface area (Å²) in [6, 6.07) is 52.0. The van der Waals surface area contributed by atoms with Gasteiger partial charge in [-0.2, -0.15) is 0 Å². The van der Waals surface area contributed by atoms with Crippen LogP contribution < -0.4 is 4.74 Å². The molecule has 7 aromatic rings. The van der Waals surface area contributed by atoms with E-state index in [0.29, 0.717) is 52.3 Å². The Kier molecular flexibility index (Phi) is 34.3. The molecule has 4 saturated carbocycles. The first-order valence-corrected chi connectivity index (χ1v) is 50.5. The number of esters is 3. The van der Waals surface area contributed by atoms with E-state index in [1.807, 2.05) is 246 Å². The molecule has 17 rings (SSSR count). The molecule has 1 spiro atoms. The molecule has 3 N–H and O–H groups in total. The number of ether oxygens (including phenoxy) is 8. The van der Waals surface area contributed by atoms with Crippen LogP contribution in [0.5, 0.6) is 11.5 Å². The van der Waals surface area contributed by atoms with Crippen molar-refractivity contribution in [1.82, 2.24) is 19.6 Å². The first-order valence-electron chi connectivity index (χ1n) is 50.5. The number of rotatable bonds is 13. The Hall–Kier alpha value is -9.46. The van der Waals surface area contributed by atoms with Crippen LogP contribution in [0, 0.1) is 79.3 Å². The van der Waals surface area contributed by atoms with E-state index in [9.17, 15) is 53.7 Å². The number of amides is 5. The monoisotopic (exact) mass is 1920 g/mol. The van der Waals surface area contributed by atoms with Gasteiger partial charge in [0.2, 0.25) is 18.2 Å². The van der Waals surface area contributed by atoms with Crippen molar-refractivity contribution in [1.29, 1.82) is 0 Å². The average molecular weight is 1920 g/mol. The Balaban J connectivity index is 0.000000157. The first kappa shape index (κ1) is 110. The van der Waals surface area contributed by atoms with Crippen LogP contribution in [0.4, 0.5) is 4.79 Å². The molecule has 2 bridgehead atoms. The molecule has 23 heteroatoms. The Morgan fingerprint density at radius 2 is 1.09 bits per heavy atom. The molecule has 6 heterocycles. The highest BCUT2D eigenvalue weighted by atomic mass is 16.9. The van der Waals surface area contributed by atoms with Gasteiger partial charge in [-0.3, -0.25) is 38.5 Å². The number of hydrogen-bond acceptors (Lipinski definition) is 19. The number of imide groups is 1. The third kappa shape index (κ3) is 24.6. The number of phenols is 1. The van der Waals surface area contributed by atoms with Gasteiger partial charge < -0.3 is 67.9 Å². The SMILES string of the molecule is CC(C)(C)C(=O)C1[C@H](CO)CC[C@H]1CO.CC(C)(C)C(=O)N1CCC23CCC(CC12)C3(C)C.CC(C)(C)C(=O)Oc1ccc2ccccc2c1-c1c(O)ccc2ccccc12.CC(C)C(=O)N1Cc2ccccc2[C@H]1C.CC1(C)OC2O[C@H](COC(=O)C(C)(C)C)[C@@H]3OC(C)(C)O[C@@H]3C2O1.CC1C(c2ccccc2)N(C=O)C(=O)N1C.CC1CCC(C(C)(C)c2ccccc2)C(OC(=O)C(C)(C)C)C1. The van der Waals surface area contributed by atoms with E-state index in [1.165, 1.54) is 53.7 Å². The summed E-state index contributed by atoms with van der Waals surface area (Å²) in [6.45, 7) is 57.6. The number of nitrogens with zero attached hydrogens (tertiary/aromatic N) is 4. The summed E-state index contributed by atoms with van der Waals surface area (Å²) in [5, 5.41) is 33.1. The summed E-state index contributed by atoms with van der Waals surface area (Å²) < 4.78 is 47.0. The molecule has 0 radical (unpaired) electrons. The summed E-state index contributed by atoms with van der Waals surface area (Å²) in [5.41, 5.74) is 4.95. The van der Waals surface area contributed by atoms with Crippen molar-refractivity contribution >= 4 is 69.5 Å². The number of phenolic OH excluding ortho intramolecular Hbond substituents is 1. The number of aromatic hydroxyl groups is 1. The highest BCUT2D eigenvalue weighted by Gasteiger charge is 2.69. The Bertz CT molecular complexity index is 5430. The second-order valence-electron chi connectivity index (χ2n) is 47.8. The Labute approximate surface area is 827 Å². The van der Waals surface area contributed by atoms with E-state index in [0.717, 1.165) is 77.4 Å². The number of hydrogen-bond donors (Lipinski definition) is 3. The Morgan fingerprint density at radius 3 is 1.63 bits per heavy atom. The quantitative estimate of drug-likeness (QED) is 0.0549. The van der Waals surface area contributed by atoms with Crippen molar-refractivity contribution in [2.45, 2.75) is 336 Å². The fourth-order valence-electron chi connectivity index (χ4n) is 22.3. The molecular weight excluding hydrogens is 1750 g/mol. The van der Waals surface area contributed by atoms with Crippen molar-refractivity contribution in [3.63, 3.8) is 0 Å². The number of fused-ring (bicyclic) bond motifs is 7. The van der Waals surface area contributed by atoms with Crippen LogP contribution in [0.25, 0.3) is 32.7 Å². The molecule has 6 aliphatic heterocycles. The lowest BCUT2D eigenvalue weighted by atomic mass is 9.64. The van der Waals surface area contributed by atoms with Crippen molar-refractivity contribution in [3.8, 4) is 22.6 Å². The van der Waals surface area contributed by atoms with Gasteiger partial charge in [-0.1, -0.05) is 242 Å². The number of likely N-dealkylation sites (N-methyl/N-ethyl adjacent to an activating group) is 1. The lowest BCUT2D eigenvalue weighted by Gasteiger charge is -2.44. The summed E-state index contributed by atoms with van der Waals surface area (Å²) in [5.74, 6) is 1.08. The van der Waals surface area contributed by atoms with E-state index in [2.05, 4.69) is 110 Å². The third-order valence-corrected chi connectivity index (χ3v) is 30.6. The van der Waals surface area contributed by atoms with Crippen molar-refractivity contribution < 1.29 is 91.6 Å². The lowest BCUT2D eigenvalue weighted by molar-refractivity contribution is -0.243. The minimum atomic E-state index is -0.757. The van der Waals surface area contributed by atoms with E-state index >= 15 is 0 Å². The molecule has 16 atom stereocenters. The van der Waals surface area contributed by atoms with Crippen molar-refractivity contribution in [3.05, 3.63) is 180 Å². The second kappa shape index (κ2) is 43.4. The maximum absolute atomic E-state index is 12.6. The van der Waals surface area contributed by atoms with Gasteiger partial charge in [0, 0.05) is 79.1 Å². The summed E-state index contributed by atoms with van der Waals surface area (Å²) in [4.78, 5) is 104. The van der Waals surface area contributed by atoms with E-state index in [1.54, 1.807) is 18.0 Å². The van der Waals surface area contributed by atoms with Gasteiger partial charge in [0.1, 0.15) is 54.4 Å². The maximum Gasteiger partial charge on any atom is 0.327 e. The zero-order valence-electron chi connectivity index (χ0n) is 88.5. The van der Waals surface area contributed by atoms with Crippen LogP contribution in [0.15, 0.2) is 158 Å². The fraction of sp³-hybridized carbons (Fsp3) is 0.603. The number of aliphatic hydroxyl groups is 2. The number of urea groups is 1. The number of ketones is 1. The molecular formula is C116H162N4O19. The molecule has 5 amide bonds. The molecule has 9 fully saturated rings. The zero-order valence-corrected chi connectivity index (χ0v) is 88.5. The van der Waals surface area contributed by atoms with Crippen LogP contribution in [-0.4, -0.2) is 177 Å². The van der Waals surface area contributed by atoms with Gasteiger partial charge in [0.15, 0.2) is 17.9 Å². The zero-order chi connectivity index (χ0) is 103. The van der Waals surface area contributed by atoms with Gasteiger partial charge in [-0.15, -0.1) is 0 Å². The first-order chi connectivity index (χ1) is 64.7. The molecule has 760 valence electrons. The van der Waals surface area contributed by atoms with Gasteiger partial charge in [-0.05, 0) is 251 Å². The number of carbonyl (C=O) groups is 8. The fourth-order valence-corrected chi connectivity index (χ4v) is 22.3. The number of likely N-dealkylation sites (tertiary alicyclic amines) is 1. The maximum atomic E-state index is 12.6. The van der Waals surface area contributed by atoms with Crippen LogP contribution in [-0.2, 0) is 78.7 Å². The van der Waals surface area contributed by atoms with Crippen LogP contribution in [0.3, 0.4) is 0 Å². The predicted molar refractivity (Wildman–Crippen MR) is 543 cm³/mol. The highest BCUT2D eigenvalue weighted by molar-refractivity contribution is 6.10. The molecule has 0 aromatic heterocycles. The van der Waals surface area contributed by atoms with Crippen molar-refractivity contribution in [2.24, 2.45) is 79.3 Å². The van der Waals surface area contributed by atoms with Crippen LogP contribution in [0.1, 0.15) is 286 Å². The summed E-state index contributed by atoms with van der Waals surface area (Å²) in [7, 11) is 1.71. The molecule has 10 unspecified atom stereocenters. The second-order valence-corrected chi connectivity index (χ2v) is 47.8. The number of Topliss-reactive ketones (excluding diaryl/α,β-unsaturated/α-hetero) is 1. The van der Waals surface area contributed by atoms with Crippen LogP contribution >= 0.6 is 0 Å². The molecule has 5 saturated heterocycles. The largest absolute Gasteiger partial charge is 0.507 e. The summed E-state index contributed by atoms with van der Waals surface area (Å²) in [6.07, 6.45) is 8.74. The van der Waals surface area contributed by atoms with Gasteiger partial charge >= 0.3 is 23.9 Å². The average Bonchev–Trinajstić information content (AvgIpc) is 1.52. The molecule has 7 aromatic carbocycles. The van der Waals surface area contributed by atoms with Gasteiger partial charge in [0.05, 0.1) is 34.4 Å². The van der Waals surface area contributed by atoms with Crippen LogP contribution in [0.2, 0.25) is 0 Å². The minimum absolute atomic E-state index is 0.0000926. The lowest BCUT2D eigenvalue weighted by Crippen LogP contribution is -2.56. The highest BCUT2D eigenvalue weighted by Crippen LogP contribution is 2.71. The smallest absolute Gasteiger partial charge is 0.327 e. The standard InChI is InChI=1S/C25H22O3.C21H32O2.C17H28O7.C16H27NO.C13H17NO.C12H14N2O2.C12H22O3/c1-25(2,3)24(27)28-21-15-13-17-9-5-7-11-19(17)23(21)22-18-10-6-4-8-16(18)12-14-20(22)26;1-15-12-13-17(18(14-15)23-19(22)20(2,3)4)21(5,6)16-10-8-7-9-11-16;1-15(2,3)14(18)19-8-9-10-11(22-16(4,5)21-10)12-13(20-9)24-17(6,7)23-12;1-14(2,3)13(18)17-9-8-16-7-6-11(10-12(16)17)15(16,4)5;1-9(2)13(15)14-8-11-6-4-5-7-12(11)10(14)3;1-9-11(10-6-4-3-5-7-10)14(8-15)12(16)13(9)2;1-12(2,3)11(15)10-8(6-13)4-5-9(10)7-14/h4-15,26H,1-3H3;7-11,15,17-18H,12-14H2,1-6H3;9-13H,8H2,1-7H3;11-12H,6-10H2,1-5H3;4-7,9-10H,8H2,1-3H3;3-9,11H,1-2H3;8-10,13-14H,4-7H2,1-3H3/t;;9-,10+,11+,12?,13?;;10-;;8-,9-/m..1.1.0/s1. The van der Waals surface area contributed by atoms with Crippen molar-refractivity contribution in [2.75, 3.05) is 33.4 Å². The molecule has 4 aliphatic carbocycles. The summed E-state index contributed by atoms with van der Waals surface area (Å²) >= 11 is 0. The topological polar surface area (TPSA) is 284 Å². The Morgan fingerprint density at radius 1 is 0.554 bits per heavy atom. The number of benzene rings is 7. The minimum Gasteiger partial charge on any atom is -0.507 e. The van der Waals surface area contributed by atoms with Gasteiger partial charge in [0.25, 0.3) is 0 Å². The molecule has 139 heavy (non-hydrogen) atoms. The number of aliphatic hydroxyl groups excluding tert-OH is 2. The number of carbonyl (C=O) groups excluding carboxylic acids is 8. The van der Waals surface area contributed by atoms with E-state index in [4.69, 9.17) is 37.9 Å². The third-order valence-electron chi connectivity index (χ3n) is 30.6. The van der Waals surface area contributed by atoms with E-state index < -0.39 is 40.2 Å². The predicted octanol–water partition coefficient (Wildman–Crippen LogP) is 22.7. The molecule has 23 nitrogen and oxygen atoms in total. The normalized spacial score (nSPS) is 26.9. The van der Waals surface area contributed by atoms with Gasteiger partial charge in [-0.25, -0.2) is 4.79 Å². The van der Waals surface area contributed by atoms with E-state index in [-0.39, 0.29) is 144 Å².